The summed E-state index contributed by atoms with van der Waals surface area (Å²) in [6.07, 6.45) is -4.79. The molecule has 1 nitrogen and oxygen atoms in total. The van der Waals surface area contributed by atoms with Gasteiger partial charge in [-0.25, -0.2) is 8.78 Å². The number of hydrogen-bond acceptors (Lipinski definition) is 1. The van der Waals surface area contributed by atoms with Gasteiger partial charge in [-0.15, -0.1) is 0 Å². The summed E-state index contributed by atoms with van der Waals surface area (Å²) in [5.41, 5.74) is 3.87. The molecule has 0 heterocycles. The summed E-state index contributed by atoms with van der Waals surface area (Å²) in [5.74, 6) is -2.09. The number of nitrogens with two attached hydrogens (primary N) is 1. The lowest BCUT2D eigenvalue weighted by Gasteiger charge is -2.16. The zero-order valence-electron chi connectivity index (χ0n) is 7.08. The Morgan fingerprint density at radius 2 is 1.67 bits per heavy atom. The molecule has 0 radical (unpaired) electrons. The molecule has 0 saturated heterocycles. The van der Waals surface area contributed by atoms with Crippen LogP contribution in [0.25, 0.3) is 0 Å². The van der Waals surface area contributed by atoms with Gasteiger partial charge in [0, 0.05) is 5.56 Å². The lowest BCUT2D eigenvalue weighted by molar-refractivity contribution is -0.149. The predicted octanol–water partition coefficient (Wildman–Crippen LogP) is 3.13. The first-order valence-corrected chi connectivity index (χ1v) is 4.78. The van der Waals surface area contributed by atoms with E-state index in [0.29, 0.717) is 12.1 Å². The number of halogens is 6. The minimum Gasteiger partial charge on any atom is -0.316 e. The Labute approximate surface area is 95.6 Å². The third-order valence-corrected chi connectivity index (χ3v) is 2.55. The molecule has 2 N–H and O–H groups in total. The van der Waals surface area contributed by atoms with E-state index in [2.05, 4.69) is 0 Å². The van der Waals surface area contributed by atoms with Crippen molar-refractivity contribution in [3.05, 3.63) is 32.9 Å². The van der Waals surface area contributed by atoms with Gasteiger partial charge in [0.25, 0.3) is 0 Å². The normalized spacial score (nSPS) is 14.1. The molecular weight excluding hydrogens is 332 g/mol. The first-order valence-electron chi connectivity index (χ1n) is 3.70. The highest BCUT2D eigenvalue weighted by Crippen LogP contribution is 2.32. The van der Waals surface area contributed by atoms with E-state index < -0.39 is 29.4 Å². The summed E-state index contributed by atoms with van der Waals surface area (Å²) in [6, 6.07) is -1.37. The fourth-order valence-corrected chi connectivity index (χ4v) is 1.38. The van der Waals surface area contributed by atoms with Crippen LogP contribution in [0.1, 0.15) is 11.6 Å². The topological polar surface area (TPSA) is 26.0 Å². The van der Waals surface area contributed by atoms with E-state index in [-0.39, 0.29) is 3.57 Å². The molecule has 0 spiro atoms. The highest BCUT2D eigenvalue weighted by molar-refractivity contribution is 14.1. The third-order valence-electron chi connectivity index (χ3n) is 1.73. The zero-order chi connectivity index (χ0) is 11.8. The summed E-state index contributed by atoms with van der Waals surface area (Å²) in [6.45, 7) is 0. The van der Waals surface area contributed by atoms with E-state index in [1.807, 2.05) is 0 Å². The van der Waals surface area contributed by atoms with Gasteiger partial charge in [-0.1, -0.05) is 0 Å². The van der Waals surface area contributed by atoms with Gasteiger partial charge in [0.05, 0.1) is 3.57 Å². The molecule has 0 fully saturated rings. The van der Waals surface area contributed by atoms with Crippen molar-refractivity contribution in [3.8, 4) is 0 Å². The Morgan fingerprint density at radius 1 is 1.13 bits per heavy atom. The summed E-state index contributed by atoms with van der Waals surface area (Å²) >= 11 is 1.47. The average Bonchev–Trinajstić information content (AvgIpc) is 2.08. The predicted molar refractivity (Wildman–Crippen MR) is 52.1 cm³/mol. The number of benzene rings is 1. The Hall–Kier alpha value is -0.440. The standard InChI is InChI=1S/C8H5F5IN/c9-4-2-6(14)5(10)1-3(4)7(15)8(11,12)13/h1-2,7H,15H2/t7-/m0/s1. The van der Waals surface area contributed by atoms with Crippen LogP contribution in [0, 0.1) is 15.2 Å². The summed E-state index contributed by atoms with van der Waals surface area (Å²) in [4.78, 5) is 0. The Balaban J connectivity index is 3.21. The average molecular weight is 337 g/mol. The molecule has 1 rings (SSSR count). The van der Waals surface area contributed by atoms with Crippen molar-refractivity contribution in [1.29, 1.82) is 0 Å². The van der Waals surface area contributed by atoms with Gasteiger partial charge in [-0.3, -0.25) is 0 Å². The van der Waals surface area contributed by atoms with Crippen molar-refractivity contribution in [2.75, 3.05) is 0 Å². The van der Waals surface area contributed by atoms with E-state index in [0.717, 1.165) is 0 Å². The monoisotopic (exact) mass is 337 g/mol. The van der Waals surface area contributed by atoms with Gasteiger partial charge in [-0.05, 0) is 34.7 Å². The molecule has 84 valence electrons. The Kier molecular flexibility index (Phi) is 3.54. The molecule has 7 heteroatoms. The van der Waals surface area contributed by atoms with Crippen LogP contribution in [0.2, 0.25) is 0 Å². The highest BCUT2D eigenvalue weighted by Gasteiger charge is 2.39. The van der Waals surface area contributed by atoms with E-state index in [9.17, 15) is 22.0 Å². The van der Waals surface area contributed by atoms with Gasteiger partial charge in [-0.2, -0.15) is 13.2 Å². The highest BCUT2D eigenvalue weighted by atomic mass is 127. The van der Waals surface area contributed by atoms with Crippen LogP contribution in [0.5, 0.6) is 0 Å². The maximum atomic E-state index is 13.1. The van der Waals surface area contributed by atoms with Gasteiger partial charge in [0.15, 0.2) is 0 Å². The van der Waals surface area contributed by atoms with Crippen LogP contribution in [-0.2, 0) is 0 Å². The van der Waals surface area contributed by atoms with Gasteiger partial charge in [0.1, 0.15) is 17.7 Å². The van der Waals surface area contributed by atoms with E-state index >= 15 is 0 Å². The largest absolute Gasteiger partial charge is 0.407 e. The van der Waals surface area contributed by atoms with E-state index in [4.69, 9.17) is 5.73 Å². The van der Waals surface area contributed by atoms with Crippen molar-refractivity contribution in [2.24, 2.45) is 5.73 Å². The first-order chi connectivity index (χ1) is 6.73. The van der Waals surface area contributed by atoms with Crippen LogP contribution in [-0.4, -0.2) is 6.18 Å². The second-order valence-corrected chi connectivity index (χ2v) is 3.97. The second-order valence-electron chi connectivity index (χ2n) is 2.81. The van der Waals surface area contributed by atoms with Crippen molar-refractivity contribution in [2.45, 2.75) is 12.2 Å². The fraction of sp³-hybridized carbons (Fsp3) is 0.250. The van der Waals surface area contributed by atoms with Gasteiger partial charge in [0.2, 0.25) is 0 Å². The van der Waals surface area contributed by atoms with E-state index in [1.165, 1.54) is 22.6 Å². The van der Waals surface area contributed by atoms with Crippen LogP contribution >= 0.6 is 22.6 Å². The Morgan fingerprint density at radius 3 is 2.13 bits per heavy atom. The molecule has 0 aliphatic carbocycles. The molecule has 15 heavy (non-hydrogen) atoms. The van der Waals surface area contributed by atoms with Crippen LogP contribution in [0.15, 0.2) is 12.1 Å². The zero-order valence-corrected chi connectivity index (χ0v) is 9.23. The smallest absolute Gasteiger partial charge is 0.316 e. The maximum absolute atomic E-state index is 13.1. The summed E-state index contributed by atoms with van der Waals surface area (Å²) in [7, 11) is 0. The molecule has 0 amide bonds. The van der Waals surface area contributed by atoms with Crippen LogP contribution in [0.3, 0.4) is 0 Å². The van der Waals surface area contributed by atoms with Gasteiger partial charge >= 0.3 is 6.18 Å². The second kappa shape index (κ2) is 4.20. The first kappa shape index (κ1) is 12.6. The van der Waals surface area contributed by atoms with Crippen LogP contribution in [0.4, 0.5) is 22.0 Å². The molecule has 1 aromatic carbocycles. The molecule has 0 aliphatic heterocycles. The molecule has 0 aliphatic rings. The Bertz CT molecular complexity index is 376. The minimum atomic E-state index is -4.79. The van der Waals surface area contributed by atoms with Crippen LogP contribution < -0.4 is 5.73 Å². The van der Waals surface area contributed by atoms with E-state index in [1.54, 1.807) is 0 Å². The quantitative estimate of drug-likeness (QED) is 0.476. The van der Waals surface area contributed by atoms with Crippen molar-refractivity contribution in [1.82, 2.24) is 0 Å². The number of alkyl halides is 3. The number of rotatable bonds is 1. The molecular formula is C8H5F5IN. The molecule has 0 saturated carbocycles. The summed E-state index contributed by atoms with van der Waals surface area (Å²) < 4.78 is 62.3. The van der Waals surface area contributed by atoms with Crippen molar-refractivity contribution < 1.29 is 22.0 Å². The molecule has 1 aromatic rings. The number of hydrogen-bond donors (Lipinski definition) is 1. The maximum Gasteiger partial charge on any atom is 0.407 e. The SMILES string of the molecule is N[C@@H](c1cc(F)c(I)cc1F)C(F)(F)F. The van der Waals surface area contributed by atoms with Crippen molar-refractivity contribution >= 4 is 22.6 Å². The van der Waals surface area contributed by atoms with Crippen molar-refractivity contribution in [3.63, 3.8) is 0 Å². The molecule has 0 bridgehead atoms. The van der Waals surface area contributed by atoms with Gasteiger partial charge < -0.3 is 5.73 Å². The third kappa shape index (κ3) is 2.77. The lowest BCUT2D eigenvalue weighted by Crippen LogP contribution is -2.29. The fourth-order valence-electron chi connectivity index (χ4n) is 0.953. The molecule has 0 aromatic heterocycles. The molecule has 1 atom stereocenters. The molecule has 0 unspecified atom stereocenters. The lowest BCUT2D eigenvalue weighted by atomic mass is 10.1. The minimum absolute atomic E-state index is 0.0942. The summed E-state index contributed by atoms with van der Waals surface area (Å²) in [5, 5.41) is 0.